The number of halogens is 4. The summed E-state index contributed by atoms with van der Waals surface area (Å²) >= 11 is 0. The molecule has 1 fully saturated rings. The van der Waals surface area contributed by atoms with Crippen molar-refractivity contribution in [3.63, 3.8) is 0 Å². The number of nitrogens with two attached hydrogens (primary N) is 1. The van der Waals surface area contributed by atoms with Crippen molar-refractivity contribution in [3.05, 3.63) is 89.4 Å². The number of carbonyl (C=O) groups is 2. The Hall–Kier alpha value is -5.11. The SMILES string of the molecule is C[C@](O)(CNC(=O)c1ccc(OC2CC2)c(-c2cnc(C(F)(F)F)nc2)c1)c1cc2c(c(-c3ccc(F)cc3)n1)OC[C@]2(C)C(N)=O. The first kappa shape index (κ1) is 31.9. The quantitative estimate of drug-likeness (QED) is 0.221. The third-order valence-electron chi connectivity index (χ3n) is 8.16. The number of carbonyl (C=O) groups excluding carboxylic acids is 2. The Morgan fingerprint density at radius 2 is 1.77 bits per heavy atom. The molecule has 3 heterocycles. The fourth-order valence-corrected chi connectivity index (χ4v) is 5.09. The van der Waals surface area contributed by atoms with Gasteiger partial charge in [0.2, 0.25) is 11.7 Å². The number of hydrogen-bond donors (Lipinski definition) is 3. The number of primary amides is 1. The molecule has 14 heteroatoms. The zero-order valence-corrected chi connectivity index (χ0v) is 25.2. The molecule has 0 unspecified atom stereocenters. The van der Waals surface area contributed by atoms with E-state index in [0.29, 0.717) is 22.4 Å². The molecule has 0 radical (unpaired) electrons. The van der Waals surface area contributed by atoms with E-state index in [-0.39, 0.29) is 47.5 Å². The van der Waals surface area contributed by atoms with Crippen molar-refractivity contribution in [2.45, 2.75) is 50.0 Å². The highest BCUT2D eigenvalue weighted by Gasteiger charge is 2.45. The van der Waals surface area contributed by atoms with Crippen LogP contribution in [0.5, 0.6) is 11.5 Å². The van der Waals surface area contributed by atoms with Crippen LogP contribution in [0, 0.1) is 5.82 Å². The summed E-state index contributed by atoms with van der Waals surface area (Å²) in [4.78, 5) is 37.3. The number of aromatic nitrogens is 3. The van der Waals surface area contributed by atoms with E-state index < -0.39 is 40.6 Å². The van der Waals surface area contributed by atoms with Crippen molar-refractivity contribution in [1.82, 2.24) is 20.3 Å². The van der Waals surface area contributed by atoms with Gasteiger partial charge in [-0.2, -0.15) is 13.2 Å². The maximum Gasteiger partial charge on any atom is 0.451 e. The molecule has 1 aliphatic heterocycles. The summed E-state index contributed by atoms with van der Waals surface area (Å²) in [6.07, 6.45) is -1.09. The molecule has 0 saturated heterocycles. The largest absolute Gasteiger partial charge is 0.490 e. The fraction of sp³-hybridized carbons (Fsp3) is 0.303. The lowest BCUT2D eigenvalue weighted by atomic mass is 9.82. The second-order valence-electron chi connectivity index (χ2n) is 12.0. The standard InChI is InChI=1S/C33H29F4N5O5/c1-31(29(38)44)16-46-27-23(31)12-25(42-26(27)17-3-6-20(34)7-4-17)32(2,45)15-41-28(43)18-5-10-24(47-21-8-9-21)22(11-18)19-13-39-30(40-14-19)33(35,36)37/h3-7,10-14,21,45H,8-9,15-16H2,1-2H3,(H2,38,44)(H,41,43)/t31-,32-/m0/s1. The van der Waals surface area contributed by atoms with Gasteiger partial charge >= 0.3 is 6.18 Å². The Bertz CT molecular complexity index is 1860. The number of hydrogen-bond acceptors (Lipinski definition) is 8. The van der Waals surface area contributed by atoms with E-state index in [9.17, 15) is 32.3 Å². The maximum atomic E-state index is 13.7. The zero-order chi connectivity index (χ0) is 33.7. The summed E-state index contributed by atoms with van der Waals surface area (Å²) in [6.45, 7) is 2.62. The normalized spacial score (nSPS) is 18.5. The fourth-order valence-electron chi connectivity index (χ4n) is 5.09. The number of pyridine rings is 1. The van der Waals surface area contributed by atoms with Crippen molar-refractivity contribution in [2.75, 3.05) is 13.2 Å². The molecule has 0 bridgehead atoms. The van der Waals surface area contributed by atoms with Crippen LogP contribution in [0.1, 0.15) is 54.1 Å². The second kappa shape index (κ2) is 11.6. The monoisotopic (exact) mass is 651 g/mol. The maximum absolute atomic E-state index is 13.7. The van der Waals surface area contributed by atoms with Gasteiger partial charge in [-0.05, 0) is 75.2 Å². The lowest BCUT2D eigenvalue weighted by molar-refractivity contribution is -0.145. The van der Waals surface area contributed by atoms with E-state index in [2.05, 4.69) is 20.3 Å². The zero-order valence-electron chi connectivity index (χ0n) is 25.2. The van der Waals surface area contributed by atoms with Gasteiger partial charge in [0.15, 0.2) is 0 Å². The average Bonchev–Trinajstić information content (AvgIpc) is 3.79. The third kappa shape index (κ3) is 6.32. The Morgan fingerprint density at radius 3 is 2.38 bits per heavy atom. The summed E-state index contributed by atoms with van der Waals surface area (Å²) in [7, 11) is 0. The average molecular weight is 652 g/mol. The van der Waals surface area contributed by atoms with E-state index in [1.807, 2.05) is 0 Å². The molecular formula is C33H29F4N5O5. The van der Waals surface area contributed by atoms with E-state index in [4.69, 9.17) is 15.2 Å². The molecule has 2 aromatic carbocycles. The van der Waals surface area contributed by atoms with Crippen LogP contribution < -0.4 is 20.5 Å². The summed E-state index contributed by atoms with van der Waals surface area (Å²) in [5, 5.41) is 14.3. The number of ether oxygens (including phenoxy) is 2. The van der Waals surface area contributed by atoms with Crippen LogP contribution in [0.25, 0.3) is 22.4 Å². The van der Waals surface area contributed by atoms with E-state index in [0.717, 1.165) is 25.2 Å². The molecular weight excluding hydrogens is 622 g/mol. The minimum atomic E-state index is -4.72. The second-order valence-corrected chi connectivity index (χ2v) is 12.0. The van der Waals surface area contributed by atoms with Crippen LogP contribution in [0.4, 0.5) is 17.6 Å². The van der Waals surface area contributed by atoms with Gasteiger partial charge < -0.3 is 25.6 Å². The minimum Gasteiger partial charge on any atom is -0.490 e. The molecule has 0 spiro atoms. The molecule has 2 atom stereocenters. The summed E-state index contributed by atoms with van der Waals surface area (Å²) in [5.74, 6) is -2.41. The summed E-state index contributed by atoms with van der Waals surface area (Å²) in [6, 6.07) is 11.4. The van der Waals surface area contributed by atoms with E-state index in [1.165, 1.54) is 49.4 Å². The van der Waals surface area contributed by atoms with Crippen molar-refractivity contribution < 1.29 is 41.7 Å². The number of amides is 2. The minimum absolute atomic E-state index is 0.0414. The lowest BCUT2D eigenvalue weighted by Gasteiger charge is -2.26. The first-order valence-electron chi connectivity index (χ1n) is 14.6. The Balaban J connectivity index is 1.29. The Kier molecular flexibility index (Phi) is 7.86. The number of rotatable bonds is 9. The van der Waals surface area contributed by atoms with Gasteiger partial charge in [0.05, 0.1) is 18.3 Å². The van der Waals surface area contributed by atoms with Gasteiger partial charge in [-0.25, -0.2) is 19.3 Å². The predicted molar refractivity (Wildman–Crippen MR) is 160 cm³/mol. The molecule has 2 aliphatic rings. The number of benzene rings is 2. The van der Waals surface area contributed by atoms with Gasteiger partial charge in [-0.3, -0.25) is 9.59 Å². The number of aliphatic hydroxyl groups is 1. The molecule has 4 N–H and O–H groups in total. The molecule has 2 amide bonds. The lowest BCUT2D eigenvalue weighted by Crippen LogP contribution is -2.41. The Labute approximate surface area is 266 Å². The van der Waals surface area contributed by atoms with Crippen LogP contribution >= 0.6 is 0 Å². The van der Waals surface area contributed by atoms with Crippen LogP contribution in [0.15, 0.2) is 60.9 Å². The Morgan fingerprint density at radius 1 is 1.09 bits per heavy atom. The van der Waals surface area contributed by atoms with Gasteiger partial charge in [0.25, 0.3) is 5.91 Å². The molecule has 10 nitrogen and oxygen atoms in total. The highest BCUT2D eigenvalue weighted by atomic mass is 19.4. The molecule has 4 aromatic rings. The van der Waals surface area contributed by atoms with Gasteiger partial charge in [0, 0.05) is 40.2 Å². The predicted octanol–water partition coefficient (Wildman–Crippen LogP) is 4.68. The highest BCUT2D eigenvalue weighted by molar-refractivity contribution is 5.96. The van der Waals surface area contributed by atoms with Crippen molar-refractivity contribution in [1.29, 1.82) is 0 Å². The number of nitrogens with zero attached hydrogens (tertiary/aromatic N) is 3. The third-order valence-corrected chi connectivity index (χ3v) is 8.16. The molecule has 1 saturated carbocycles. The topological polar surface area (TPSA) is 150 Å². The molecule has 244 valence electrons. The summed E-state index contributed by atoms with van der Waals surface area (Å²) < 4.78 is 64.6. The van der Waals surface area contributed by atoms with Gasteiger partial charge in [-0.15, -0.1) is 0 Å². The summed E-state index contributed by atoms with van der Waals surface area (Å²) in [5.41, 5.74) is 4.54. The molecule has 6 rings (SSSR count). The van der Waals surface area contributed by atoms with E-state index in [1.54, 1.807) is 13.0 Å². The number of alkyl halides is 3. The van der Waals surface area contributed by atoms with Crippen molar-refractivity contribution in [2.24, 2.45) is 5.73 Å². The number of nitrogens with one attached hydrogen (secondary N) is 1. The highest BCUT2D eigenvalue weighted by Crippen LogP contribution is 2.45. The first-order chi connectivity index (χ1) is 22.2. The molecule has 1 aliphatic carbocycles. The smallest absolute Gasteiger partial charge is 0.451 e. The van der Waals surface area contributed by atoms with Crippen LogP contribution in [-0.2, 0) is 22.0 Å². The van der Waals surface area contributed by atoms with Gasteiger partial charge in [-0.1, -0.05) is 0 Å². The van der Waals surface area contributed by atoms with Crippen LogP contribution in [0.2, 0.25) is 0 Å². The van der Waals surface area contributed by atoms with Crippen molar-refractivity contribution >= 4 is 11.8 Å². The van der Waals surface area contributed by atoms with Crippen molar-refractivity contribution in [3.8, 4) is 33.9 Å². The van der Waals surface area contributed by atoms with E-state index >= 15 is 0 Å². The first-order valence-corrected chi connectivity index (χ1v) is 14.6. The van der Waals surface area contributed by atoms with Crippen LogP contribution in [-0.4, -0.2) is 51.1 Å². The van der Waals surface area contributed by atoms with Crippen LogP contribution in [0.3, 0.4) is 0 Å². The number of fused-ring (bicyclic) bond motifs is 1. The van der Waals surface area contributed by atoms with Gasteiger partial charge in [0.1, 0.15) is 40.6 Å². The molecule has 47 heavy (non-hydrogen) atoms. The molecule has 2 aromatic heterocycles.